The summed E-state index contributed by atoms with van der Waals surface area (Å²) in [6, 6.07) is 25.4. The molecule has 5 rings (SSSR count). The van der Waals surface area contributed by atoms with Crippen LogP contribution in [0.5, 0.6) is 5.75 Å². The number of ether oxygens (including phenoxy) is 1. The van der Waals surface area contributed by atoms with Gasteiger partial charge in [-0.25, -0.2) is 9.18 Å². The Hall–Kier alpha value is -5.40. The first-order chi connectivity index (χ1) is 23.2. The third-order valence-electron chi connectivity index (χ3n) is 7.81. The van der Waals surface area contributed by atoms with Gasteiger partial charge >= 0.3 is 12.1 Å². The first-order valence-corrected chi connectivity index (χ1v) is 16.0. The number of nitrogens with two attached hydrogens (primary N) is 1. The first kappa shape index (κ1) is 33.9. The predicted molar refractivity (Wildman–Crippen MR) is 178 cm³/mol. The number of benzene rings is 3. The maximum absolute atomic E-state index is 14.2. The summed E-state index contributed by atoms with van der Waals surface area (Å²) in [6.45, 7) is 0.0592. The van der Waals surface area contributed by atoms with Gasteiger partial charge in [-0.05, 0) is 60.4 Å². The molecular weight excluding hydrogens is 637 g/mol. The van der Waals surface area contributed by atoms with Gasteiger partial charge in [-0.1, -0.05) is 60.7 Å². The van der Waals surface area contributed by atoms with Gasteiger partial charge in [0, 0.05) is 17.3 Å². The number of carboxylic acids is 1. The van der Waals surface area contributed by atoms with Gasteiger partial charge in [0.25, 0.3) is 0 Å². The molecule has 0 unspecified atom stereocenters. The minimum Gasteiger partial charge on any atom is -0.480 e. The van der Waals surface area contributed by atoms with Crippen LogP contribution in [0.2, 0.25) is 0 Å². The van der Waals surface area contributed by atoms with Crippen molar-refractivity contribution in [2.24, 2.45) is 10.7 Å². The van der Waals surface area contributed by atoms with Crippen molar-refractivity contribution in [3.8, 4) is 5.75 Å². The van der Waals surface area contributed by atoms with E-state index >= 15 is 0 Å². The number of carbonyl (C=O) groups excluding carboxylic acids is 3. The van der Waals surface area contributed by atoms with Crippen LogP contribution in [0.3, 0.4) is 0 Å². The maximum Gasteiger partial charge on any atom is 0.441 e. The topological polar surface area (TPSA) is 163 Å². The van der Waals surface area contributed by atoms with E-state index in [1.54, 1.807) is 12.1 Å². The molecule has 0 aliphatic carbocycles. The Labute approximate surface area is 280 Å². The number of amides is 3. The lowest BCUT2D eigenvalue weighted by molar-refractivity contribution is -0.141. The number of hydrogen-bond acceptors (Lipinski definition) is 7. The standard InChI is InChI=1S/C35H34FN5O6S/c36-24-13-15-25(16-14-24)47-35(46)40-32(37)28-18-17-26(48-28)20-39-33(44)27-12-7-19-41(27)34(45)31(38-21-29(42)43)30(22-8-3-1-4-9-22)23-10-5-2-6-11-23/h1-6,8-11,13-18,27,30-31,38H,7,12,19-21H2,(H,39,44)(H,42,43)(H2,37,40,46)/t27-,31+/m0/s1. The van der Waals surface area contributed by atoms with Crippen LogP contribution >= 0.6 is 11.3 Å². The minimum atomic E-state index is -1.10. The predicted octanol–water partition coefficient (Wildman–Crippen LogP) is 4.27. The number of thiophene rings is 1. The Morgan fingerprint density at radius 1 is 0.958 bits per heavy atom. The van der Waals surface area contributed by atoms with E-state index in [9.17, 15) is 28.7 Å². The van der Waals surface area contributed by atoms with Gasteiger partial charge in [0.1, 0.15) is 23.4 Å². The van der Waals surface area contributed by atoms with Crippen molar-refractivity contribution >= 4 is 41.0 Å². The number of carboxylic acid groups (broad SMARTS) is 1. The van der Waals surface area contributed by atoms with E-state index in [-0.39, 0.29) is 29.9 Å². The highest BCUT2D eigenvalue weighted by Gasteiger charge is 2.40. The van der Waals surface area contributed by atoms with Gasteiger partial charge < -0.3 is 25.8 Å². The molecule has 11 nitrogen and oxygen atoms in total. The van der Waals surface area contributed by atoms with E-state index in [4.69, 9.17) is 10.5 Å². The van der Waals surface area contributed by atoms with Gasteiger partial charge in [-0.2, -0.15) is 4.99 Å². The summed E-state index contributed by atoms with van der Waals surface area (Å²) in [7, 11) is 0. The van der Waals surface area contributed by atoms with Gasteiger partial charge in [0.15, 0.2) is 0 Å². The number of halogens is 1. The Balaban J connectivity index is 1.26. The molecule has 3 amide bonds. The molecule has 0 spiro atoms. The summed E-state index contributed by atoms with van der Waals surface area (Å²) in [5, 5.41) is 15.4. The van der Waals surface area contributed by atoms with E-state index in [0.29, 0.717) is 24.3 Å². The molecule has 2 heterocycles. The highest BCUT2D eigenvalue weighted by atomic mass is 32.1. The zero-order valence-corrected chi connectivity index (χ0v) is 26.6. The van der Waals surface area contributed by atoms with Crippen molar-refractivity contribution in [3.63, 3.8) is 0 Å². The normalized spacial score (nSPS) is 15.2. The Morgan fingerprint density at radius 3 is 2.23 bits per heavy atom. The van der Waals surface area contributed by atoms with Crippen LogP contribution < -0.4 is 21.1 Å². The molecule has 3 aromatic carbocycles. The van der Waals surface area contributed by atoms with Crippen molar-refractivity contribution in [3.05, 3.63) is 124 Å². The van der Waals surface area contributed by atoms with Gasteiger partial charge in [0.2, 0.25) is 11.8 Å². The van der Waals surface area contributed by atoms with Crippen molar-refractivity contribution in [2.45, 2.75) is 37.4 Å². The largest absolute Gasteiger partial charge is 0.480 e. The third kappa shape index (κ3) is 8.69. The fourth-order valence-electron chi connectivity index (χ4n) is 5.61. The number of likely N-dealkylation sites (tertiary alicyclic amines) is 1. The lowest BCUT2D eigenvalue weighted by atomic mass is 9.84. The molecule has 1 fully saturated rings. The highest BCUT2D eigenvalue weighted by Crippen LogP contribution is 2.31. The second-order valence-electron chi connectivity index (χ2n) is 11.0. The molecule has 1 aromatic heterocycles. The molecule has 0 radical (unpaired) electrons. The molecule has 0 saturated carbocycles. The number of carbonyl (C=O) groups is 4. The van der Waals surface area contributed by atoms with Crippen molar-refractivity contribution in [1.82, 2.24) is 15.5 Å². The van der Waals surface area contributed by atoms with Crippen molar-refractivity contribution in [1.29, 1.82) is 0 Å². The quantitative estimate of drug-likeness (QED) is 0.128. The zero-order chi connectivity index (χ0) is 34.0. The molecule has 13 heteroatoms. The molecule has 48 heavy (non-hydrogen) atoms. The Kier molecular flexibility index (Phi) is 11.3. The number of aliphatic carboxylic acids is 1. The van der Waals surface area contributed by atoms with Crippen LogP contribution in [-0.4, -0.2) is 64.9 Å². The average Bonchev–Trinajstić information content (AvgIpc) is 3.78. The van der Waals surface area contributed by atoms with E-state index in [1.807, 2.05) is 60.7 Å². The number of rotatable bonds is 12. The lowest BCUT2D eigenvalue weighted by Gasteiger charge is -2.33. The maximum atomic E-state index is 14.2. The molecule has 4 aromatic rings. The summed E-state index contributed by atoms with van der Waals surface area (Å²) in [4.78, 5) is 58.0. The molecule has 248 valence electrons. The van der Waals surface area contributed by atoms with Crippen LogP contribution in [-0.2, 0) is 20.9 Å². The fourth-order valence-corrected chi connectivity index (χ4v) is 6.46. The van der Waals surface area contributed by atoms with Crippen molar-refractivity contribution in [2.75, 3.05) is 13.1 Å². The Morgan fingerprint density at radius 2 is 1.60 bits per heavy atom. The second kappa shape index (κ2) is 15.9. The van der Waals surface area contributed by atoms with Gasteiger partial charge in [-0.3, -0.25) is 19.7 Å². The number of amidine groups is 1. The number of aliphatic imine (C=N–C) groups is 1. The molecular formula is C35H34FN5O6S. The average molecular weight is 672 g/mol. The lowest BCUT2D eigenvalue weighted by Crippen LogP contribution is -2.55. The van der Waals surface area contributed by atoms with E-state index in [0.717, 1.165) is 28.1 Å². The summed E-state index contributed by atoms with van der Waals surface area (Å²) in [6.07, 6.45) is 0.100. The molecule has 1 aliphatic heterocycles. The van der Waals surface area contributed by atoms with E-state index < -0.39 is 42.4 Å². The molecule has 0 bridgehead atoms. The number of nitrogens with zero attached hydrogens (tertiary/aromatic N) is 2. The van der Waals surface area contributed by atoms with E-state index in [1.165, 1.54) is 28.4 Å². The minimum absolute atomic E-state index is 0.0801. The zero-order valence-electron chi connectivity index (χ0n) is 25.8. The summed E-state index contributed by atoms with van der Waals surface area (Å²) in [5.74, 6) is -2.74. The number of hydrogen-bond donors (Lipinski definition) is 4. The number of nitrogens with one attached hydrogen (secondary N) is 2. The molecule has 5 N–H and O–H groups in total. The molecule has 2 atom stereocenters. The summed E-state index contributed by atoms with van der Waals surface area (Å²) < 4.78 is 18.1. The van der Waals surface area contributed by atoms with Crippen LogP contribution in [0, 0.1) is 5.82 Å². The summed E-state index contributed by atoms with van der Waals surface area (Å²) in [5.41, 5.74) is 7.67. The van der Waals surface area contributed by atoms with Crippen LogP contribution in [0.25, 0.3) is 0 Å². The molecule has 1 aliphatic rings. The monoisotopic (exact) mass is 671 g/mol. The smallest absolute Gasteiger partial charge is 0.441 e. The molecule has 1 saturated heterocycles. The van der Waals surface area contributed by atoms with Crippen LogP contribution in [0.1, 0.15) is 39.6 Å². The van der Waals surface area contributed by atoms with Gasteiger partial charge in [-0.15, -0.1) is 11.3 Å². The second-order valence-corrected chi connectivity index (χ2v) is 12.2. The Bertz CT molecular complexity index is 1730. The third-order valence-corrected chi connectivity index (χ3v) is 8.92. The van der Waals surface area contributed by atoms with E-state index in [2.05, 4.69) is 15.6 Å². The SMILES string of the molecule is N/C(=N\C(=O)Oc1ccc(F)cc1)c1ccc(CNC(=O)[C@@H]2CCCN2C(=O)[C@H](NCC(=O)O)C(c2ccccc2)c2ccccc2)s1. The fraction of sp³-hybridized carbons (Fsp3) is 0.229. The highest BCUT2D eigenvalue weighted by molar-refractivity contribution is 7.14. The first-order valence-electron chi connectivity index (χ1n) is 15.2. The van der Waals surface area contributed by atoms with Gasteiger partial charge in [0.05, 0.1) is 24.0 Å². The summed E-state index contributed by atoms with van der Waals surface area (Å²) >= 11 is 1.22. The van der Waals surface area contributed by atoms with Crippen LogP contribution in [0.15, 0.2) is 102 Å². The van der Waals surface area contributed by atoms with Crippen LogP contribution in [0.4, 0.5) is 9.18 Å². The van der Waals surface area contributed by atoms with Crippen molar-refractivity contribution < 1.29 is 33.4 Å².